The second-order valence-corrected chi connectivity index (χ2v) is 7.14. The maximum Gasteiger partial charge on any atom is 0.294 e. The minimum Gasteiger partial charge on any atom is -0.483 e. The number of amides is 4. The molecule has 2 aliphatic heterocycles. The first-order chi connectivity index (χ1) is 13.0. The monoisotopic (exact) mass is 389 g/mol. The first-order valence-corrected chi connectivity index (χ1v) is 9.30. The van der Waals surface area contributed by atoms with E-state index in [-0.39, 0.29) is 24.0 Å². The van der Waals surface area contributed by atoms with Crippen LogP contribution in [-0.2, 0) is 14.4 Å². The highest BCUT2D eigenvalue weighted by Gasteiger charge is 2.37. The molecule has 3 rings (SSSR count). The van der Waals surface area contributed by atoms with E-state index in [4.69, 9.17) is 10.5 Å². The van der Waals surface area contributed by atoms with Crippen LogP contribution in [0, 0.1) is 0 Å². The Balaban J connectivity index is 1.74. The van der Waals surface area contributed by atoms with Crippen molar-refractivity contribution in [2.75, 3.05) is 26.2 Å². The number of thioether (sulfide) groups is 1. The molecule has 1 aromatic carbocycles. The van der Waals surface area contributed by atoms with Crippen molar-refractivity contribution in [2.45, 2.75) is 12.8 Å². The standard InChI is InChI=1S/C18H19N3O5S/c19-15(22)11-26-13-6-2-1-5-12(13)9-14-17(24)21(18(25)27-14)10-16(23)20-7-3-4-8-20/h1-2,5-6,9H,3-4,7-8,10-11H2,(H2,19,22)/b14-9+. The molecule has 27 heavy (non-hydrogen) atoms. The van der Waals surface area contributed by atoms with Crippen molar-refractivity contribution in [1.82, 2.24) is 9.80 Å². The number of carbonyl (C=O) groups is 4. The van der Waals surface area contributed by atoms with Gasteiger partial charge in [-0.15, -0.1) is 0 Å². The molecule has 1 aromatic rings. The van der Waals surface area contributed by atoms with Crippen LogP contribution >= 0.6 is 11.8 Å². The molecule has 0 radical (unpaired) electrons. The van der Waals surface area contributed by atoms with Crippen molar-refractivity contribution in [3.05, 3.63) is 34.7 Å². The fourth-order valence-electron chi connectivity index (χ4n) is 2.86. The van der Waals surface area contributed by atoms with Crippen LogP contribution in [0.2, 0.25) is 0 Å². The van der Waals surface area contributed by atoms with Gasteiger partial charge in [-0.2, -0.15) is 0 Å². The number of ether oxygens (including phenoxy) is 1. The third-order valence-corrected chi connectivity index (χ3v) is 5.11. The van der Waals surface area contributed by atoms with Gasteiger partial charge in [0, 0.05) is 18.7 Å². The van der Waals surface area contributed by atoms with Crippen LogP contribution in [0.1, 0.15) is 18.4 Å². The summed E-state index contributed by atoms with van der Waals surface area (Å²) in [6.45, 7) is 0.781. The maximum atomic E-state index is 12.6. The summed E-state index contributed by atoms with van der Waals surface area (Å²) in [6, 6.07) is 6.79. The van der Waals surface area contributed by atoms with E-state index in [0.717, 1.165) is 29.5 Å². The summed E-state index contributed by atoms with van der Waals surface area (Å²) in [7, 11) is 0. The summed E-state index contributed by atoms with van der Waals surface area (Å²) >= 11 is 0.775. The van der Waals surface area contributed by atoms with E-state index in [0.29, 0.717) is 24.4 Å². The van der Waals surface area contributed by atoms with Gasteiger partial charge in [0.2, 0.25) is 5.91 Å². The lowest BCUT2D eigenvalue weighted by atomic mass is 10.2. The molecule has 8 nitrogen and oxygen atoms in total. The Hall–Kier alpha value is -2.81. The SMILES string of the molecule is NC(=O)COc1ccccc1/C=C1/SC(=O)N(CC(=O)N2CCCC2)C1=O. The molecule has 0 aliphatic carbocycles. The highest BCUT2D eigenvalue weighted by molar-refractivity contribution is 8.18. The Morgan fingerprint density at radius 2 is 1.89 bits per heavy atom. The molecule has 0 aromatic heterocycles. The van der Waals surface area contributed by atoms with Crippen molar-refractivity contribution < 1.29 is 23.9 Å². The topological polar surface area (TPSA) is 110 Å². The Labute approximate surface area is 160 Å². The van der Waals surface area contributed by atoms with E-state index in [2.05, 4.69) is 0 Å². The smallest absolute Gasteiger partial charge is 0.294 e. The second kappa shape index (κ2) is 8.26. The van der Waals surface area contributed by atoms with Gasteiger partial charge in [0.05, 0.1) is 4.91 Å². The first-order valence-electron chi connectivity index (χ1n) is 8.49. The van der Waals surface area contributed by atoms with Gasteiger partial charge in [-0.3, -0.25) is 24.1 Å². The zero-order valence-corrected chi connectivity index (χ0v) is 15.4. The normalized spacial score (nSPS) is 18.4. The van der Waals surface area contributed by atoms with E-state index in [1.165, 1.54) is 6.08 Å². The molecule has 2 N–H and O–H groups in total. The molecule has 0 saturated carbocycles. The van der Waals surface area contributed by atoms with Gasteiger partial charge in [-0.25, -0.2) is 0 Å². The Kier molecular flexibility index (Phi) is 5.80. The Bertz CT molecular complexity index is 817. The average Bonchev–Trinajstić information content (AvgIpc) is 3.26. The van der Waals surface area contributed by atoms with Gasteiger partial charge >= 0.3 is 0 Å². The van der Waals surface area contributed by atoms with Crippen molar-refractivity contribution in [1.29, 1.82) is 0 Å². The van der Waals surface area contributed by atoms with E-state index in [1.807, 2.05) is 0 Å². The molecule has 142 valence electrons. The zero-order chi connectivity index (χ0) is 19.4. The fraction of sp³-hybridized carbons (Fsp3) is 0.333. The van der Waals surface area contributed by atoms with Crippen LogP contribution in [-0.4, -0.2) is 59.0 Å². The van der Waals surface area contributed by atoms with Crippen LogP contribution in [0.25, 0.3) is 6.08 Å². The summed E-state index contributed by atoms with van der Waals surface area (Å²) in [5, 5.41) is -0.477. The van der Waals surface area contributed by atoms with Gasteiger partial charge < -0.3 is 15.4 Å². The number of nitrogens with two attached hydrogens (primary N) is 1. The van der Waals surface area contributed by atoms with E-state index in [1.54, 1.807) is 29.2 Å². The minimum absolute atomic E-state index is 0.198. The number of likely N-dealkylation sites (tertiary alicyclic amines) is 1. The van der Waals surface area contributed by atoms with Crippen LogP contribution in [0.4, 0.5) is 4.79 Å². The van der Waals surface area contributed by atoms with Crippen LogP contribution in [0.5, 0.6) is 5.75 Å². The maximum absolute atomic E-state index is 12.6. The molecule has 0 atom stereocenters. The lowest BCUT2D eigenvalue weighted by Crippen LogP contribution is -2.40. The van der Waals surface area contributed by atoms with Crippen LogP contribution < -0.4 is 10.5 Å². The number of primary amides is 1. The summed E-state index contributed by atoms with van der Waals surface area (Å²) in [6.07, 6.45) is 3.40. The lowest BCUT2D eigenvalue weighted by molar-refractivity contribution is -0.135. The van der Waals surface area contributed by atoms with E-state index < -0.39 is 17.1 Å². The quantitative estimate of drug-likeness (QED) is 0.733. The number of benzene rings is 1. The molecule has 2 heterocycles. The molecule has 0 spiro atoms. The molecule has 0 bridgehead atoms. The molecule has 2 aliphatic rings. The molecule has 2 saturated heterocycles. The predicted molar refractivity (Wildman–Crippen MR) is 99.6 cm³/mol. The van der Waals surface area contributed by atoms with Gasteiger partial charge in [0.1, 0.15) is 12.3 Å². The highest BCUT2D eigenvalue weighted by Crippen LogP contribution is 2.34. The fourth-order valence-corrected chi connectivity index (χ4v) is 3.69. The molecule has 9 heteroatoms. The molecular formula is C18H19N3O5S. The second-order valence-electron chi connectivity index (χ2n) is 6.15. The minimum atomic E-state index is -0.620. The van der Waals surface area contributed by atoms with E-state index in [9.17, 15) is 19.2 Å². The molecule has 2 fully saturated rings. The van der Waals surface area contributed by atoms with Crippen molar-refractivity contribution in [3.63, 3.8) is 0 Å². The third kappa shape index (κ3) is 4.48. The van der Waals surface area contributed by atoms with Crippen LogP contribution in [0.3, 0.4) is 0 Å². The molecule has 0 unspecified atom stereocenters. The summed E-state index contributed by atoms with van der Waals surface area (Å²) < 4.78 is 5.33. The number of nitrogens with zero attached hydrogens (tertiary/aromatic N) is 2. The Morgan fingerprint density at radius 3 is 2.59 bits per heavy atom. The summed E-state index contributed by atoms with van der Waals surface area (Å²) in [4.78, 5) is 50.8. The lowest BCUT2D eigenvalue weighted by Gasteiger charge is -2.18. The highest BCUT2D eigenvalue weighted by atomic mass is 32.2. The largest absolute Gasteiger partial charge is 0.483 e. The number of para-hydroxylation sites is 1. The summed E-state index contributed by atoms with van der Waals surface area (Å²) in [5.41, 5.74) is 5.62. The number of imide groups is 1. The zero-order valence-electron chi connectivity index (χ0n) is 14.6. The average molecular weight is 389 g/mol. The molecule has 4 amide bonds. The third-order valence-electron chi connectivity index (χ3n) is 4.20. The molecular weight excluding hydrogens is 370 g/mol. The van der Waals surface area contributed by atoms with Gasteiger partial charge in [0.15, 0.2) is 6.61 Å². The van der Waals surface area contributed by atoms with Crippen molar-refractivity contribution in [3.8, 4) is 5.75 Å². The first kappa shape index (κ1) is 19.0. The number of carbonyl (C=O) groups excluding carboxylic acids is 4. The van der Waals surface area contributed by atoms with E-state index >= 15 is 0 Å². The van der Waals surface area contributed by atoms with Gasteiger partial charge in [0.25, 0.3) is 17.1 Å². The number of hydrogen-bond acceptors (Lipinski definition) is 6. The predicted octanol–water partition coefficient (Wildman–Crippen LogP) is 1.21. The Morgan fingerprint density at radius 1 is 1.19 bits per heavy atom. The van der Waals surface area contributed by atoms with Gasteiger partial charge in [-0.05, 0) is 36.7 Å². The van der Waals surface area contributed by atoms with Gasteiger partial charge in [-0.1, -0.05) is 18.2 Å². The summed E-state index contributed by atoms with van der Waals surface area (Å²) in [5.74, 6) is -0.981. The van der Waals surface area contributed by atoms with Crippen molar-refractivity contribution in [2.24, 2.45) is 5.73 Å². The van der Waals surface area contributed by atoms with Crippen LogP contribution in [0.15, 0.2) is 29.2 Å². The number of rotatable bonds is 6. The van der Waals surface area contributed by atoms with Crippen molar-refractivity contribution >= 4 is 40.8 Å². The number of hydrogen-bond donors (Lipinski definition) is 1.